The first-order valence-electron chi connectivity index (χ1n) is 7.32. The van der Waals surface area contributed by atoms with Crippen molar-refractivity contribution in [1.29, 1.82) is 0 Å². The Morgan fingerprint density at radius 3 is 3.05 bits per heavy atom. The number of hydrogen-bond donors (Lipinski definition) is 0. The Morgan fingerprint density at radius 1 is 1.40 bits per heavy atom. The monoisotopic (exact) mass is 337 g/mol. The van der Waals surface area contributed by atoms with Crippen molar-refractivity contribution in [3.05, 3.63) is 28.5 Å². The van der Waals surface area contributed by atoms with Crippen LogP contribution < -0.4 is 0 Å². The normalized spacial score (nSPS) is 27.2. The second-order valence-corrected chi connectivity index (χ2v) is 6.54. The van der Waals surface area contributed by atoms with E-state index in [1.165, 1.54) is 25.8 Å². The summed E-state index contributed by atoms with van der Waals surface area (Å²) < 4.78 is 0.642. The lowest BCUT2D eigenvalue weighted by Crippen LogP contribution is -2.60. The zero-order valence-corrected chi connectivity index (χ0v) is 13.3. The molecule has 2 unspecified atom stereocenters. The van der Waals surface area contributed by atoms with Gasteiger partial charge in [0, 0.05) is 31.4 Å². The van der Waals surface area contributed by atoms with Crippen LogP contribution in [0.5, 0.6) is 0 Å². The van der Waals surface area contributed by atoms with Crippen molar-refractivity contribution < 1.29 is 4.79 Å². The third kappa shape index (κ3) is 2.61. The molecule has 2 aliphatic rings. The minimum atomic E-state index is 0.0997. The highest BCUT2D eigenvalue weighted by atomic mass is 79.9. The summed E-state index contributed by atoms with van der Waals surface area (Å²) >= 11 is 3.38. The van der Waals surface area contributed by atoms with Crippen molar-refractivity contribution >= 4 is 21.8 Å². The molecule has 2 aliphatic heterocycles. The molecule has 20 heavy (non-hydrogen) atoms. The minimum Gasteiger partial charge on any atom is -0.333 e. The lowest BCUT2D eigenvalue weighted by Gasteiger charge is -2.47. The number of hydrogen-bond acceptors (Lipinski definition) is 3. The molecule has 2 fully saturated rings. The van der Waals surface area contributed by atoms with Crippen molar-refractivity contribution in [3.63, 3.8) is 0 Å². The smallest absolute Gasteiger partial charge is 0.256 e. The Hall–Kier alpha value is -0.940. The first-order chi connectivity index (χ1) is 9.66. The molecule has 3 heterocycles. The summed E-state index contributed by atoms with van der Waals surface area (Å²) in [6.07, 6.45) is 5.49. The largest absolute Gasteiger partial charge is 0.333 e. The summed E-state index contributed by atoms with van der Waals surface area (Å²) in [5, 5.41) is 0. The molecule has 4 nitrogen and oxygen atoms in total. The molecule has 2 saturated heterocycles. The number of rotatable bonds is 1. The van der Waals surface area contributed by atoms with Crippen molar-refractivity contribution in [2.45, 2.75) is 38.3 Å². The predicted molar refractivity (Wildman–Crippen MR) is 81.6 cm³/mol. The lowest BCUT2D eigenvalue weighted by molar-refractivity contribution is 0.0151. The van der Waals surface area contributed by atoms with Gasteiger partial charge in [-0.15, -0.1) is 0 Å². The van der Waals surface area contributed by atoms with Crippen LogP contribution in [0.1, 0.15) is 36.5 Å². The number of carbonyl (C=O) groups is 1. The van der Waals surface area contributed by atoms with Gasteiger partial charge in [-0.2, -0.15) is 0 Å². The van der Waals surface area contributed by atoms with Crippen LogP contribution in [0.4, 0.5) is 0 Å². The predicted octanol–water partition coefficient (Wildman–Crippen LogP) is 2.54. The van der Waals surface area contributed by atoms with Gasteiger partial charge >= 0.3 is 0 Å². The summed E-state index contributed by atoms with van der Waals surface area (Å²) in [5.74, 6) is 0.0997. The van der Waals surface area contributed by atoms with Crippen LogP contribution in [-0.4, -0.2) is 52.4 Å². The standard InChI is InChI=1S/C15H20BrN3O/c1-11-9-18-8-3-2-5-12(18)10-19(11)15(20)13-6-4-7-17-14(13)16/h4,6-7,11-12H,2-3,5,8-10H2,1H3. The third-order valence-corrected chi connectivity index (χ3v) is 5.07. The first kappa shape index (κ1) is 14.0. The molecule has 0 spiro atoms. The van der Waals surface area contributed by atoms with E-state index in [4.69, 9.17) is 0 Å². The highest BCUT2D eigenvalue weighted by molar-refractivity contribution is 9.10. The van der Waals surface area contributed by atoms with Crippen LogP contribution in [-0.2, 0) is 0 Å². The summed E-state index contributed by atoms with van der Waals surface area (Å²) in [7, 11) is 0. The number of halogens is 1. The SMILES string of the molecule is CC1CN2CCCCC2CN1C(=O)c1cccnc1Br. The van der Waals surface area contributed by atoms with E-state index in [2.05, 4.69) is 32.7 Å². The van der Waals surface area contributed by atoms with Crippen molar-refractivity contribution in [2.75, 3.05) is 19.6 Å². The number of aromatic nitrogens is 1. The molecule has 0 bridgehead atoms. The molecule has 1 amide bonds. The van der Waals surface area contributed by atoms with E-state index in [9.17, 15) is 4.79 Å². The maximum absolute atomic E-state index is 12.7. The molecule has 0 aromatic carbocycles. The molecule has 3 rings (SSSR count). The average molecular weight is 338 g/mol. The first-order valence-corrected chi connectivity index (χ1v) is 8.11. The van der Waals surface area contributed by atoms with E-state index in [0.29, 0.717) is 16.2 Å². The number of fused-ring (bicyclic) bond motifs is 1. The molecule has 0 aliphatic carbocycles. The third-order valence-electron chi connectivity index (χ3n) is 4.44. The van der Waals surface area contributed by atoms with Gasteiger partial charge in [-0.3, -0.25) is 9.69 Å². The number of nitrogens with zero attached hydrogens (tertiary/aromatic N) is 3. The Balaban J connectivity index is 1.79. The fourth-order valence-corrected chi connectivity index (χ4v) is 3.76. The number of piperidine rings is 1. The van der Waals surface area contributed by atoms with E-state index >= 15 is 0 Å². The molecule has 0 saturated carbocycles. The summed E-state index contributed by atoms with van der Waals surface area (Å²) in [4.78, 5) is 21.5. The van der Waals surface area contributed by atoms with E-state index in [-0.39, 0.29) is 11.9 Å². The quantitative estimate of drug-likeness (QED) is 0.739. The Bertz CT molecular complexity index is 508. The van der Waals surface area contributed by atoms with Crippen LogP contribution in [0.25, 0.3) is 0 Å². The average Bonchev–Trinajstić information content (AvgIpc) is 2.46. The molecule has 0 radical (unpaired) electrons. The Kier molecular flexibility index (Phi) is 4.08. The fourth-order valence-electron chi connectivity index (χ4n) is 3.34. The van der Waals surface area contributed by atoms with Crippen LogP contribution >= 0.6 is 15.9 Å². The van der Waals surface area contributed by atoms with Crippen LogP contribution in [0, 0.1) is 0 Å². The molecule has 0 N–H and O–H groups in total. The van der Waals surface area contributed by atoms with Crippen molar-refractivity contribution in [1.82, 2.24) is 14.8 Å². The number of piperazine rings is 1. The van der Waals surface area contributed by atoms with E-state index in [1.54, 1.807) is 6.20 Å². The van der Waals surface area contributed by atoms with Crippen molar-refractivity contribution in [2.24, 2.45) is 0 Å². The molecule has 2 atom stereocenters. The number of carbonyl (C=O) groups excluding carboxylic acids is 1. The highest BCUT2D eigenvalue weighted by Gasteiger charge is 2.35. The van der Waals surface area contributed by atoms with Gasteiger partial charge in [0.15, 0.2) is 0 Å². The van der Waals surface area contributed by atoms with Crippen LogP contribution in [0.3, 0.4) is 0 Å². The minimum absolute atomic E-state index is 0.0997. The van der Waals surface area contributed by atoms with Crippen LogP contribution in [0.2, 0.25) is 0 Å². The van der Waals surface area contributed by atoms with Gasteiger partial charge in [0.25, 0.3) is 5.91 Å². The molecular weight excluding hydrogens is 318 g/mol. The number of amides is 1. The molecule has 1 aromatic heterocycles. The van der Waals surface area contributed by atoms with Gasteiger partial charge in [0.05, 0.1) is 5.56 Å². The molecule has 5 heteroatoms. The van der Waals surface area contributed by atoms with Gasteiger partial charge in [-0.05, 0) is 54.4 Å². The van der Waals surface area contributed by atoms with Gasteiger partial charge < -0.3 is 4.90 Å². The van der Waals surface area contributed by atoms with Gasteiger partial charge in [0.1, 0.15) is 4.60 Å². The van der Waals surface area contributed by atoms with Crippen LogP contribution in [0.15, 0.2) is 22.9 Å². The molecule has 108 valence electrons. The molecule has 1 aromatic rings. The summed E-state index contributed by atoms with van der Waals surface area (Å²) in [6.45, 7) is 5.18. The Labute approximate surface area is 128 Å². The number of pyridine rings is 1. The maximum atomic E-state index is 12.7. The van der Waals surface area contributed by atoms with Gasteiger partial charge in [-0.1, -0.05) is 6.42 Å². The van der Waals surface area contributed by atoms with Crippen molar-refractivity contribution in [3.8, 4) is 0 Å². The highest BCUT2D eigenvalue weighted by Crippen LogP contribution is 2.26. The topological polar surface area (TPSA) is 36.4 Å². The van der Waals surface area contributed by atoms with E-state index in [0.717, 1.165) is 13.1 Å². The van der Waals surface area contributed by atoms with E-state index in [1.807, 2.05) is 17.0 Å². The van der Waals surface area contributed by atoms with Gasteiger partial charge in [0.2, 0.25) is 0 Å². The second kappa shape index (κ2) is 5.82. The maximum Gasteiger partial charge on any atom is 0.256 e. The fraction of sp³-hybridized carbons (Fsp3) is 0.600. The van der Waals surface area contributed by atoms with Gasteiger partial charge in [-0.25, -0.2) is 4.98 Å². The Morgan fingerprint density at radius 2 is 2.25 bits per heavy atom. The summed E-state index contributed by atoms with van der Waals surface area (Å²) in [5.41, 5.74) is 0.670. The molecular formula is C15H20BrN3O. The zero-order chi connectivity index (χ0) is 14.1. The lowest BCUT2D eigenvalue weighted by atomic mass is 9.96. The second-order valence-electron chi connectivity index (χ2n) is 5.79. The summed E-state index contributed by atoms with van der Waals surface area (Å²) in [6, 6.07) is 4.47. The zero-order valence-electron chi connectivity index (χ0n) is 11.8. The van der Waals surface area contributed by atoms with E-state index < -0.39 is 0 Å².